The molecule has 1 saturated heterocycles. The van der Waals surface area contributed by atoms with Crippen LogP contribution < -0.4 is 9.47 Å². The first-order valence-corrected chi connectivity index (χ1v) is 24.0. The van der Waals surface area contributed by atoms with Crippen molar-refractivity contribution < 1.29 is 47.2 Å². The number of aliphatic hydroxyl groups excluding tert-OH is 1. The number of ether oxygens (including phenoxy) is 3. The Kier molecular flexibility index (Phi) is 11.4. The number of allylic oxidation sites excluding steroid dienone is 1. The molecule has 2 bridgehead atoms. The van der Waals surface area contributed by atoms with Crippen molar-refractivity contribution in [3.63, 3.8) is 0 Å². The van der Waals surface area contributed by atoms with Crippen LogP contribution in [0.25, 0.3) is 0 Å². The Morgan fingerprint density at radius 1 is 0.790 bits per heavy atom. The third-order valence-corrected chi connectivity index (χ3v) is 17.9. The fourth-order valence-corrected chi connectivity index (χ4v) is 11.0. The number of aliphatic hydroxyl groups is 1. The maximum Gasteiger partial charge on any atom is 0.265 e. The summed E-state index contributed by atoms with van der Waals surface area (Å²) in [6.07, 6.45) is 6.28. The summed E-state index contributed by atoms with van der Waals surface area (Å²) in [5.41, 5.74) is 0.297. The molecular formula is C47H56N4O10Si. The number of hydrogen-bond acceptors (Lipinski definition) is 14. The molecular weight excluding hydrogens is 809 g/mol. The smallest absolute Gasteiger partial charge is 0.265 e. The monoisotopic (exact) mass is 864 g/mol. The van der Waals surface area contributed by atoms with E-state index in [-0.39, 0.29) is 77.9 Å². The zero-order valence-electron chi connectivity index (χ0n) is 36.8. The van der Waals surface area contributed by atoms with Crippen LogP contribution in [0.4, 0.5) is 0 Å². The van der Waals surface area contributed by atoms with Gasteiger partial charge in [0.2, 0.25) is 11.6 Å². The van der Waals surface area contributed by atoms with Crippen molar-refractivity contribution in [2.75, 3.05) is 34.8 Å². The number of ketones is 3. The van der Waals surface area contributed by atoms with Gasteiger partial charge in [-0.3, -0.25) is 24.2 Å². The molecule has 0 saturated carbocycles. The number of carbonyl (C=O) groups excluding carboxylic acids is 3. The highest BCUT2D eigenvalue weighted by molar-refractivity contribution is 6.74. The lowest BCUT2D eigenvalue weighted by Gasteiger charge is -2.51. The first kappa shape index (κ1) is 43.6. The van der Waals surface area contributed by atoms with E-state index in [0.717, 1.165) is 11.1 Å². The Hall–Kier alpha value is -5.03. The Labute approximate surface area is 362 Å². The van der Waals surface area contributed by atoms with Crippen molar-refractivity contribution in [2.24, 2.45) is 11.8 Å². The van der Waals surface area contributed by atoms with Crippen LogP contribution in [-0.2, 0) is 27.2 Å². The van der Waals surface area contributed by atoms with Gasteiger partial charge in [-0.15, -0.1) is 0 Å². The van der Waals surface area contributed by atoms with E-state index in [9.17, 15) is 19.5 Å². The molecule has 1 N–H and O–H groups in total. The molecule has 15 heteroatoms. The van der Waals surface area contributed by atoms with Crippen LogP contribution >= 0.6 is 0 Å². The lowest BCUT2D eigenvalue weighted by molar-refractivity contribution is -0.135. The normalized spacial score (nSPS) is 27.3. The second kappa shape index (κ2) is 16.3. The van der Waals surface area contributed by atoms with Gasteiger partial charge in [0, 0.05) is 11.8 Å². The average molecular weight is 865 g/mol. The molecule has 1 fully saturated rings. The largest absolute Gasteiger partial charge is 0.470 e. The fraction of sp³-hybridized carbons (Fsp3) is 0.468. The van der Waals surface area contributed by atoms with E-state index in [0.29, 0.717) is 35.5 Å². The van der Waals surface area contributed by atoms with E-state index < -0.39 is 31.2 Å². The maximum atomic E-state index is 14.3. The summed E-state index contributed by atoms with van der Waals surface area (Å²) >= 11 is 0. The summed E-state index contributed by atoms with van der Waals surface area (Å²) in [5, 5.41) is 17.9. The summed E-state index contributed by atoms with van der Waals surface area (Å²) in [6.45, 7) is 10.7. The van der Waals surface area contributed by atoms with Gasteiger partial charge in [0.1, 0.15) is 24.3 Å². The Morgan fingerprint density at radius 2 is 1.31 bits per heavy atom. The third-order valence-electron chi connectivity index (χ3n) is 13.5. The molecule has 1 spiro atoms. The molecule has 2 aliphatic heterocycles. The minimum atomic E-state index is -2.53. The van der Waals surface area contributed by atoms with Crippen LogP contribution in [0, 0.1) is 11.8 Å². The summed E-state index contributed by atoms with van der Waals surface area (Å²) < 4.78 is 36.2. The number of rotatable bonds is 11. The number of fused-ring (bicyclic) bond motifs is 4. The second-order valence-corrected chi connectivity index (χ2v) is 23.5. The van der Waals surface area contributed by atoms with E-state index in [2.05, 4.69) is 44.2 Å². The number of Topliss-reactive ketones (excluding diaryl/α,β-unsaturated/α-hetero) is 2. The van der Waals surface area contributed by atoms with E-state index >= 15 is 0 Å². The van der Waals surface area contributed by atoms with E-state index in [1.807, 2.05) is 111 Å². The lowest BCUT2D eigenvalue weighted by atomic mass is 9.65. The van der Waals surface area contributed by atoms with Crippen molar-refractivity contribution >= 4 is 25.7 Å². The van der Waals surface area contributed by atoms with Gasteiger partial charge in [-0.1, -0.05) is 93.6 Å². The Balaban J connectivity index is 0.000000173. The predicted molar refractivity (Wildman–Crippen MR) is 230 cm³/mol. The molecule has 328 valence electrons. The predicted octanol–water partition coefficient (Wildman–Crippen LogP) is 7.09. The summed E-state index contributed by atoms with van der Waals surface area (Å²) in [7, 11) is 5.18. The molecule has 0 amide bonds. The van der Waals surface area contributed by atoms with Crippen molar-refractivity contribution in [1.82, 2.24) is 20.1 Å². The van der Waals surface area contributed by atoms with Crippen LogP contribution in [0.15, 0.2) is 93.5 Å². The molecule has 9 rings (SSSR count). The quantitative estimate of drug-likeness (QED) is 0.0923. The number of nitrogens with zero attached hydrogens (tertiary/aromatic N) is 4. The molecule has 14 nitrogen and oxygen atoms in total. The van der Waals surface area contributed by atoms with Crippen LogP contribution in [-0.4, -0.2) is 103 Å². The molecule has 4 heterocycles. The van der Waals surface area contributed by atoms with Gasteiger partial charge in [-0.05, 0) is 92.3 Å². The highest BCUT2D eigenvalue weighted by Crippen LogP contribution is 2.59. The molecule has 0 radical (unpaired) electrons. The van der Waals surface area contributed by atoms with Gasteiger partial charge in [0.25, 0.3) is 11.8 Å². The van der Waals surface area contributed by atoms with Gasteiger partial charge < -0.3 is 32.8 Å². The highest BCUT2D eigenvalue weighted by Gasteiger charge is 2.68. The van der Waals surface area contributed by atoms with Crippen molar-refractivity contribution in [1.29, 1.82) is 0 Å². The van der Waals surface area contributed by atoms with E-state index in [1.165, 1.54) is 6.08 Å². The summed E-state index contributed by atoms with van der Waals surface area (Å²) in [6, 6.07) is 18.8. The molecule has 2 aromatic carbocycles. The van der Waals surface area contributed by atoms with Crippen LogP contribution in [0.3, 0.4) is 0 Å². The second-order valence-electron chi connectivity index (χ2n) is 18.8. The third kappa shape index (κ3) is 7.02. The van der Waals surface area contributed by atoms with E-state index in [4.69, 9.17) is 27.7 Å². The molecule has 4 aromatic rings. The van der Waals surface area contributed by atoms with E-state index in [1.54, 1.807) is 0 Å². The Morgan fingerprint density at radius 3 is 1.81 bits per heavy atom. The average Bonchev–Trinajstić information content (AvgIpc) is 4.03. The summed E-state index contributed by atoms with van der Waals surface area (Å²) in [5.74, 6) is -0.272. The number of carbonyl (C=O) groups is 3. The Bertz CT molecular complexity index is 2400. The highest BCUT2D eigenvalue weighted by atomic mass is 28.4. The molecule has 5 aliphatic rings. The van der Waals surface area contributed by atoms with Gasteiger partial charge in [0.15, 0.2) is 36.8 Å². The minimum absolute atomic E-state index is 0.106. The molecule has 2 aromatic heterocycles. The molecule has 3 aliphatic carbocycles. The zero-order valence-corrected chi connectivity index (χ0v) is 37.8. The molecule has 7 atom stereocenters. The van der Waals surface area contributed by atoms with Crippen LogP contribution in [0.2, 0.25) is 18.1 Å². The first-order valence-electron chi connectivity index (χ1n) is 21.1. The van der Waals surface area contributed by atoms with Crippen molar-refractivity contribution in [3.8, 4) is 11.8 Å². The molecule has 0 unspecified atom stereocenters. The fourth-order valence-electron chi connectivity index (χ4n) is 9.57. The lowest BCUT2D eigenvalue weighted by Crippen LogP contribution is -2.65. The first-order chi connectivity index (χ1) is 29.5. The van der Waals surface area contributed by atoms with Gasteiger partial charge in [0.05, 0.1) is 24.8 Å². The number of benzene rings is 2. The minimum Gasteiger partial charge on any atom is -0.470 e. The maximum absolute atomic E-state index is 14.3. The number of hydrogen-bond donors (Lipinski definition) is 1. The topological polar surface area (TPSA) is 167 Å². The van der Waals surface area contributed by atoms with Crippen LogP contribution in [0.5, 0.6) is 11.8 Å². The van der Waals surface area contributed by atoms with Crippen LogP contribution in [0.1, 0.15) is 89.1 Å². The standard InChI is InChI=1S/C26H34N2O5Si.C21H22N2O5/c1-25(2,3)34(6,7)33-26-18(14-11-15-19(26)29)21(28(4)5)22-20(23(26)30)24(27-32-22)31-16-17-12-9-8-10-13-17;1-23(2)17-15-9-14-8-13(10-24)21(15,27-14)19(25)16-18(17)28-22-20(16)26-11-12-6-4-3-5-7-12/h8-13,15,18,21H,14,16H2,1-7H3;3-8,14-15,17,24H,9-11H2,1-2H3/t18-,21-,26-;14-,15-,17-,21+/m00/s1. The van der Waals surface area contributed by atoms with Crippen molar-refractivity contribution in [2.45, 2.75) is 94.3 Å². The van der Waals surface area contributed by atoms with Gasteiger partial charge in [-0.25, -0.2) is 0 Å². The SMILES string of the molecule is CN(C)[C@@H]1c2onc(OCc3ccccc3)c2C(=O)[C@@]2(O[Si](C)(C)C(C)(C)C)C(=O)C=CC[C@@H]12.CN(C)[C@@H]1c2onc(OCc3ccccc3)c2C(=O)[C@@]23O[C@@H](C=C2CO)C[C@@H]13. The number of aromatic nitrogens is 2. The van der Waals surface area contributed by atoms with Crippen molar-refractivity contribution in [3.05, 3.63) is 118 Å². The zero-order chi connectivity index (χ0) is 44.4. The molecule has 62 heavy (non-hydrogen) atoms. The van der Waals surface area contributed by atoms with Gasteiger partial charge in [-0.2, -0.15) is 0 Å². The van der Waals surface area contributed by atoms with Gasteiger partial charge >= 0.3 is 0 Å². The summed E-state index contributed by atoms with van der Waals surface area (Å²) in [4.78, 5) is 45.5.